The molecule has 0 unspecified atom stereocenters. The minimum atomic E-state index is -0.949. The van der Waals surface area contributed by atoms with E-state index in [2.05, 4.69) is 10.3 Å². The highest BCUT2D eigenvalue weighted by molar-refractivity contribution is 6.04. The summed E-state index contributed by atoms with van der Waals surface area (Å²) in [6, 6.07) is 5.60. The molecule has 1 atom stereocenters. The maximum atomic E-state index is 12.8. The van der Waals surface area contributed by atoms with Crippen molar-refractivity contribution in [3.63, 3.8) is 0 Å². The van der Waals surface area contributed by atoms with Crippen molar-refractivity contribution in [1.82, 2.24) is 10.3 Å². The zero-order chi connectivity index (χ0) is 25.4. The van der Waals surface area contributed by atoms with E-state index in [1.54, 1.807) is 58.9 Å². The Kier molecular flexibility index (Phi) is 9.41. The van der Waals surface area contributed by atoms with Gasteiger partial charge in [0, 0.05) is 16.8 Å². The summed E-state index contributed by atoms with van der Waals surface area (Å²) in [5.74, 6) is -1.83. The van der Waals surface area contributed by atoms with Crippen LogP contribution in [-0.4, -0.2) is 54.5 Å². The van der Waals surface area contributed by atoms with E-state index >= 15 is 0 Å². The molecule has 0 saturated carbocycles. The Balaban J connectivity index is 2.05. The fourth-order valence-corrected chi connectivity index (χ4v) is 3.47. The SMILES string of the molecule is CCOC(=O)c1[nH]c(C)c(C(=O)COC(=O)[C@@H](NC(=O)c2ccc(OCC)cc2)C(C)C)c1C. The predicted octanol–water partition coefficient (Wildman–Crippen LogP) is 3.39. The molecule has 1 amide bonds. The van der Waals surface area contributed by atoms with Gasteiger partial charge in [-0.15, -0.1) is 0 Å². The monoisotopic (exact) mass is 472 g/mol. The number of nitrogens with one attached hydrogen (secondary N) is 2. The number of ether oxygens (including phenoxy) is 3. The largest absolute Gasteiger partial charge is 0.494 e. The number of ketones is 1. The molecule has 2 N–H and O–H groups in total. The number of carbonyl (C=O) groups excluding carboxylic acids is 4. The van der Waals surface area contributed by atoms with E-state index in [0.29, 0.717) is 29.2 Å². The number of benzene rings is 1. The van der Waals surface area contributed by atoms with E-state index in [1.165, 1.54) is 0 Å². The van der Waals surface area contributed by atoms with Crippen molar-refractivity contribution in [2.24, 2.45) is 5.92 Å². The standard InChI is InChI=1S/C25H32N2O7/c1-7-32-18-11-9-17(10-12-18)23(29)27-21(14(3)4)24(30)34-13-19(28)20-15(5)22(26-16(20)6)25(31)33-8-2/h9-12,14,21,26H,7-8,13H2,1-6H3,(H,27,29)/t21-/m0/s1. The number of Topliss-reactive ketones (excluding diaryl/α,β-unsaturated/α-hetero) is 1. The highest BCUT2D eigenvalue weighted by Gasteiger charge is 2.28. The van der Waals surface area contributed by atoms with Crippen LogP contribution in [0.3, 0.4) is 0 Å². The molecule has 1 aromatic heterocycles. The van der Waals surface area contributed by atoms with Gasteiger partial charge in [0.15, 0.2) is 6.61 Å². The van der Waals surface area contributed by atoms with Crippen LogP contribution in [0.4, 0.5) is 0 Å². The Hall–Kier alpha value is -3.62. The lowest BCUT2D eigenvalue weighted by molar-refractivity contribution is -0.145. The second-order valence-electron chi connectivity index (χ2n) is 8.03. The predicted molar refractivity (Wildman–Crippen MR) is 125 cm³/mol. The van der Waals surface area contributed by atoms with Crippen LogP contribution in [0.25, 0.3) is 0 Å². The van der Waals surface area contributed by atoms with E-state index in [9.17, 15) is 19.2 Å². The fraction of sp³-hybridized carbons (Fsp3) is 0.440. The summed E-state index contributed by atoms with van der Waals surface area (Å²) in [5.41, 5.74) is 1.74. The summed E-state index contributed by atoms with van der Waals surface area (Å²) in [5, 5.41) is 2.67. The van der Waals surface area contributed by atoms with Gasteiger partial charge < -0.3 is 24.5 Å². The number of aryl methyl sites for hydroxylation is 1. The number of hydrogen-bond donors (Lipinski definition) is 2. The molecule has 0 bridgehead atoms. The minimum absolute atomic E-state index is 0.191. The first-order valence-electron chi connectivity index (χ1n) is 11.2. The van der Waals surface area contributed by atoms with Crippen LogP contribution in [0, 0.1) is 19.8 Å². The summed E-state index contributed by atoms with van der Waals surface area (Å²) in [6.07, 6.45) is 0. The van der Waals surface area contributed by atoms with E-state index in [4.69, 9.17) is 14.2 Å². The smallest absolute Gasteiger partial charge is 0.355 e. The maximum absolute atomic E-state index is 12.8. The average molecular weight is 473 g/mol. The maximum Gasteiger partial charge on any atom is 0.355 e. The zero-order valence-corrected chi connectivity index (χ0v) is 20.4. The number of hydrogen-bond acceptors (Lipinski definition) is 7. The molecule has 34 heavy (non-hydrogen) atoms. The third-order valence-corrected chi connectivity index (χ3v) is 5.18. The molecular weight excluding hydrogens is 440 g/mol. The van der Waals surface area contributed by atoms with Gasteiger partial charge in [-0.1, -0.05) is 13.8 Å². The van der Waals surface area contributed by atoms with Crippen LogP contribution in [-0.2, 0) is 14.3 Å². The van der Waals surface area contributed by atoms with Gasteiger partial charge in [0.2, 0.25) is 5.78 Å². The van der Waals surface area contributed by atoms with Gasteiger partial charge >= 0.3 is 11.9 Å². The van der Waals surface area contributed by atoms with E-state index in [0.717, 1.165) is 0 Å². The molecule has 0 aliphatic heterocycles. The van der Waals surface area contributed by atoms with Crippen LogP contribution in [0.1, 0.15) is 70.2 Å². The lowest BCUT2D eigenvalue weighted by Crippen LogP contribution is -2.45. The topological polar surface area (TPSA) is 124 Å². The molecule has 0 spiro atoms. The van der Waals surface area contributed by atoms with Crippen molar-refractivity contribution < 1.29 is 33.4 Å². The molecule has 0 saturated heterocycles. The summed E-state index contributed by atoms with van der Waals surface area (Å²) >= 11 is 0. The summed E-state index contributed by atoms with van der Waals surface area (Å²) in [4.78, 5) is 53.0. The number of amides is 1. The number of carbonyl (C=O) groups is 4. The second kappa shape index (κ2) is 12.0. The van der Waals surface area contributed by atoms with Gasteiger partial charge in [-0.25, -0.2) is 9.59 Å². The molecule has 184 valence electrons. The van der Waals surface area contributed by atoms with Gasteiger partial charge in [-0.05, 0) is 63.4 Å². The molecule has 9 heteroatoms. The second-order valence-corrected chi connectivity index (χ2v) is 8.03. The van der Waals surface area contributed by atoms with Gasteiger partial charge in [0.25, 0.3) is 5.91 Å². The Morgan fingerprint density at radius 1 is 0.971 bits per heavy atom. The van der Waals surface area contributed by atoms with Crippen LogP contribution in [0.5, 0.6) is 5.75 Å². The normalized spacial score (nSPS) is 11.6. The Labute approximate surface area is 199 Å². The molecule has 0 aliphatic carbocycles. The highest BCUT2D eigenvalue weighted by Crippen LogP contribution is 2.20. The van der Waals surface area contributed by atoms with Gasteiger partial charge in [0.05, 0.1) is 13.2 Å². The van der Waals surface area contributed by atoms with Gasteiger partial charge in [-0.2, -0.15) is 0 Å². The first-order chi connectivity index (χ1) is 16.1. The molecule has 0 fully saturated rings. The third-order valence-electron chi connectivity index (χ3n) is 5.18. The van der Waals surface area contributed by atoms with Crippen molar-refractivity contribution in [2.75, 3.05) is 19.8 Å². The van der Waals surface area contributed by atoms with Crippen LogP contribution >= 0.6 is 0 Å². The average Bonchev–Trinajstić information content (AvgIpc) is 3.10. The van der Waals surface area contributed by atoms with E-state index < -0.39 is 36.3 Å². The van der Waals surface area contributed by atoms with Crippen molar-refractivity contribution in [3.8, 4) is 5.75 Å². The molecule has 9 nitrogen and oxygen atoms in total. The van der Waals surface area contributed by atoms with Crippen molar-refractivity contribution in [3.05, 3.63) is 52.3 Å². The third kappa shape index (κ3) is 6.46. The van der Waals surface area contributed by atoms with Crippen molar-refractivity contribution >= 4 is 23.6 Å². The number of H-pyrrole nitrogens is 1. The Bertz CT molecular complexity index is 1040. The number of rotatable bonds is 11. The zero-order valence-electron chi connectivity index (χ0n) is 20.4. The van der Waals surface area contributed by atoms with Crippen LogP contribution < -0.4 is 10.1 Å². The summed E-state index contributed by atoms with van der Waals surface area (Å²) in [7, 11) is 0. The molecule has 0 radical (unpaired) electrons. The number of aromatic amines is 1. The molecular formula is C25H32N2O7. The quantitative estimate of drug-likeness (QED) is 0.379. The molecule has 2 aromatic rings. The molecule has 2 rings (SSSR count). The summed E-state index contributed by atoms with van der Waals surface area (Å²) in [6.45, 7) is 10.5. The van der Waals surface area contributed by atoms with E-state index in [1.807, 2.05) is 6.92 Å². The lowest BCUT2D eigenvalue weighted by atomic mass is 10.0. The Morgan fingerprint density at radius 2 is 1.62 bits per heavy atom. The van der Waals surface area contributed by atoms with Crippen molar-refractivity contribution in [2.45, 2.75) is 47.6 Å². The van der Waals surface area contributed by atoms with Crippen molar-refractivity contribution in [1.29, 1.82) is 0 Å². The van der Waals surface area contributed by atoms with Crippen LogP contribution in [0.15, 0.2) is 24.3 Å². The highest BCUT2D eigenvalue weighted by atomic mass is 16.5. The van der Waals surface area contributed by atoms with Gasteiger partial charge in [-0.3, -0.25) is 9.59 Å². The Morgan fingerprint density at radius 3 is 2.18 bits per heavy atom. The summed E-state index contributed by atoms with van der Waals surface area (Å²) < 4.78 is 15.6. The first-order valence-corrected chi connectivity index (χ1v) is 11.2. The molecule has 1 aromatic carbocycles. The van der Waals surface area contributed by atoms with Gasteiger partial charge in [0.1, 0.15) is 17.5 Å². The van der Waals surface area contributed by atoms with E-state index in [-0.39, 0.29) is 23.8 Å². The first kappa shape index (κ1) is 26.6. The molecule has 1 heterocycles. The number of esters is 2. The molecule has 0 aliphatic rings. The number of aromatic nitrogens is 1. The minimum Gasteiger partial charge on any atom is -0.494 e. The fourth-order valence-electron chi connectivity index (χ4n) is 3.47. The van der Waals surface area contributed by atoms with Crippen LogP contribution in [0.2, 0.25) is 0 Å². The lowest BCUT2D eigenvalue weighted by Gasteiger charge is -2.21.